The van der Waals surface area contributed by atoms with Crippen LogP contribution in [-0.2, 0) is 9.53 Å². The molecule has 0 bridgehead atoms. The Morgan fingerprint density at radius 3 is 2.44 bits per heavy atom. The minimum atomic E-state index is -0.619. The van der Waals surface area contributed by atoms with Crippen molar-refractivity contribution in [2.75, 3.05) is 26.1 Å². The molecule has 0 spiro atoms. The molecule has 0 aliphatic rings. The Kier molecular flexibility index (Phi) is 6.25. The molecule has 2 aromatic rings. The van der Waals surface area contributed by atoms with Gasteiger partial charge in [0, 0.05) is 5.02 Å². The summed E-state index contributed by atoms with van der Waals surface area (Å²) in [4.78, 5) is 24.0. The van der Waals surface area contributed by atoms with E-state index >= 15 is 0 Å². The van der Waals surface area contributed by atoms with E-state index in [-0.39, 0.29) is 0 Å². The molecule has 0 heterocycles. The number of ether oxygens (including phenoxy) is 3. The van der Waals surface area contributed by atoms with E-state index in [0.29, 0.717) is 27.8 Å². The number of anilines is 1. The van der Waals surface area contributed by atoms with Crippen LogP contribution < -0.4 is 14.8 Å². The minimum absolute atomic E-state index is 0.301. The van der Waals surface area contributed by atoms with Gasteiger partial charge in [-0.15, -0.1) is 0 Å². The molecule has 2 rings (SSSR count). The summed E-state index contributed by atoms with van der Waals surface area (Å²) in [6.07, 6.45) is 0. The minimum Gasteiger partial charge on any atom is -0.496 e. The first-order valence-electron chi connectivity index (χ1n) is 7.39. The van der Waals surface area contributed by atoms with Gasteiger partial charge in [-0.05, 0) is 42.8 Å². The fourth-order valence-electron chi connectivity index (χ4n) is 2.13. The van der Waals surface area contributed by atoms with E-state index in [0.717, 1.165) is 5.56 Å². The van der Waals surface area contributed by atoms with E-state index in [1.807, 2.05) is 6.92 Å². The zero-order valence-corrected chi connectivity index (χ0v) is 14.8. The lowest BCUT2D eigenvalue weighted by Crippen LogP contribution is -2.21. The molecule has 0 aliphatic heterocycles. The van der Waals surface area contributed by atoms with Gasteiger partial charge in [-0.1, -0.05) is 17.7 Å². The molecule has 132 valence electrons. The van der Waals surface area contributed by atoms with Crippen molar-refractivity contribution in [1.29, 1.82) is 0 Å². The van der Waals surface area contributed by atoms with Crippen LogP contribution in [0.4, 0.5) is 5.69 Å². The maximum Gasteiger partial charge on any atom is 0.338 e. The molecule has 0 unspecified atom stereocenters. The second-order valence-electron chi connectivity index (χ2n) is 5.15. The molecule has 0 saturated carbocycles. The Labute approximate surface area is 150 Å². The Morgan fingerprint density at radius 2 is 1.76 bits per heavy atom. The number of hydrogen-bond acceptors (Lipinski definition) is 5. The first kappa shape index (κ1) is 18.6. The topological polar surface area (TPSA) is 73.9 Å². The number of esters is 1. The summed E-state index contributed by atoms with van der Waals surface area (Å²) >= 11 is 5.90. The second kappa shape index (κ2) is 8.39. The van der Waals surface area contributed by atoms with Crippen molar-refractivity contribution >= 4 is 29.2 Å². The molecule has 0 fully saturated rings. The number of methoxy groups -OCH3 is 2. The summed E-state index contributed by atoms with van der Waals surface area (Å²) < 4.78 is 15.3. The maximum absolute atomic E-state index is 12.1. The van der Waals surface area contributed by atoms with Gasteiger partial charge < -0.3 is 19.5 Å². The third-order valence-corrected chi connectivity index (χ3v) is 3.65. The first-order chi connectivity index (χ1) is 11.9. The lowest BCUT2D eigenvalue weighted by atomic mass is 10.1. The quantitative estimate of drug-likeness (QED) is 0.795. The summed E-state index contributed by atoms with van der Waals surface area (Å²) in [7, 11) is 2.99. The summed E-state index contributed by atoms with van der Waals surface area (Å²) in [6, 6.07) is 9.73. The van der Waals surface area contributed by atoms with Crippen molar-refractivity contribution in [2.45, 2.75) is 6.92 Å². The summed E-state index contributed by atoms with van der Waals surface area (Å²) in [5.74, 6) is -0.102. The standard InChI is InChI=1S/C18H18ClNO5/c1-11-4-5-12(8-16(11)24-3)18(22)25-10-17(21)20-14-9-13(19)6-7-15(14)23-2/h4-9H,10H2,1-3H3,(H,20,21). The number of benzene rings is 2. The van der Waals surface area contributed by atoms with Crippen molar-refractivity contribution in [2.24, 2.45) is 0 Å². The molecule has 2 aromatic carbocycles. The molecule has 1 N–H and O–H groups in total. The number of halogens is 1. The van der Waals surface area contributed by atoms with Gasteiger partial charge in [-0.25, -0.2) is 4.79 Å². The third kappa shape index (κ3) is 4.87. The Morgan fingerprint density at radius 1 is 1.04 bits per heavy atom. The predicted molar refractivity (Wildman–Crippen MR) is 94.6 cm³/mol. The van der Waals surface area contributed by atoms with Gasteiger partial charge in [0.1, 0.15) is 11.5 Å². The zero-order valence-electron chi connectivity index (χ0n) is 14.1. The molecular weight excluding hydrogens is 346 g/mol. The SMILES string of the molecule is COc1cc(C(=O)OCC(=O)Nc2cc(Cl)ccc2OC)ccc1C. The highest BCUT2D eigenvalue weighted by Crippen LogP contribution is 2.27. The number of carbonyl (C=O) groups is 2. The van der Waals surface area contributed by atoms with E-state index in [1.165, 1.54) is 14.2 Å². The van der Waals surface area contributed by atoms with Crippen molar-refractivity contribution in [3.63, 3.8) is 0 Å². The number of rotatable bonds is 6. The van der Waals surface area contributed by atoms with Crippen LogP contribution in [-0.4, -0.2) is 32.7 Å². The third-order valence-electron chi connectivity index (χ3n) is 3.41. The lowest BCUT2D eigenvalue weighted by molar-refractivity contribution is -0.119. The molecule has 25 heavy (non-hydrogen) atoms. The van der Waals surface area contributed by atoms with Crippen LogP contribution in [0.25, 0.3) is 0 Å². The Hall–Kier alpha value is -2.73. The van der Waals surface area contributed by atoms with Gasteiger partial charge in [0.05, 0.1) is 25.5 Å². The van der Waals surface area contributed by atoms with Crippen LogP contribution in [0.15, 0.2) is 36.4 Å². The van der Waals surface area contributed by atoms with E-state index < -0.39 is 18.5 Å². The monoisotopic (exact) mass is 363 g/mol. The van der Waals surface area contributed by atoms with Gasteiger partial charge in [0.2, 0.25) is 0 Å². The molecule has 0 aliphatic carbocycles. The first-order valence-corrected chi connectivity index (χ1v) is 7.77. The number of aryl methyl sites for hydroxylation is 1. The molecule has 6 nitrogen and oxygen atoms in total. The average molecular weight is 364 g/mol. The summed E-state index contributed by atoms with van der Waals surface area (Å²) in [6.45, 7) is 1.42. The highest BCUT2D eigenvalue weighted by Gasteiger charge is 2.14. The van der Waals surface area contributed by atoms with Crippen LogP contribution >= 0.6 is 11.6 Å². The Balaban J connectivity index is 1.98. The predicted octanol–water partition coefficient (Wildman–Crippen LogP) is 3.46. The van der Waals surface area contributed by atoms with E-state index in [4.69, 9.17) is 25.8 Å². The summed E-state index contributed by atoms with van der Waals surface area (Å²) in [5, 5.41) is 3.03. The van der Waals surface area contributed by atoms with Crippen molar-refractivity contribution in [3.05, 3.63) is 52.5 Å². The van der Waals surface area contributed by atoms with Gasteiger partial charge >= 0.3 is 5.97 Å². The zero-order chi connectivity index (χ0) is 18.4. The average Bonchev–Trinajstić information content (AvgIpc) is 2.60. The smallest absolute Gasteiger partial charge is 0.338 e. The highest BCUT2D eigenvalue weighted by molar-refractivity contribution is 6.31. The normalized spacial score (nSPS) is 10.1. The van der Waals surface area contributed by atoms with Crippen LogP contribution in [0.3, 0.4) is 0 Å². The molecule has 7 heteroatoms. The molecule has 0 radical (unpaired) electrons. The Bertz CT molecular complexity index is 791. The van der Waals surface area contributed by atoms with Gasteiger partial charge in [0.15, 0.2) is 6.61 Å². The van der Waals surface area contributed by atoms with Crippen LogP contribution in [0, 0.1) is 6.92 Å². The number of carbonyl (C=O) groups excluding carboxylic acids is 2. The van der Waals surface area contributed by atoms with Gasteiger partial charge in [-0.3, -0.25) is 4.79 Å². The van der Waals surface area contributed by atoms with E-state index in [9.17, 15) is 9.59 Å². The number of amides is 1. The van der Waals surface area contributed by atoms with Gasteiger partial charge in [-0.2, -0.15) is 0 Å². The van der Waals surface area contributed by atoms with Crippen molar-refractivity contribution in [3.8, 4) is 11.5 Å². The molecule has 1 amide bonds. The fourth-order valence-corrected chi connectivity index (χ4v) is 2.30. The molecular formula is C18H18ClNO5. The van der Waals surface area contributed by atoms with Gasteiger partial charge in [0.25, 0.3) is 5.91 Å². The molecule has 0 saturated heterocycles. The van der Waals surface area contributed by atoms with E-state index in [2.05, 4.69) is 5.32 Å². The van der Waals surface area contributed by atoms with Crippen LogP contribution in [0.1, 0.15) is 15.9 Å². The summed E-state index contributed by atoms with van der Waals surface area (Å²) in [5.41, 5.74) is 1.59. The maximum atomic E-state index is 12.1. The largest absolute Gasteiger partial charge is 0.496 e. The number of hydrogen-bond donors (Lipinski definition) is 1. The number of nitrogens with one attached hydrogen (secondary N) is 1. The fraction of sp³-hybridized carbons (Fsp3) is 0.222. The molecule has 0 atom stereocenters. The highest BCUT2D eigenvalue weighted by atomic mass is 35.5. The van der Waals surface area contributed by atoms with Crippen LogP contribution in [0.2, 0.25) is 5.02 Å². The van der Waals surface area contributed by atoms with Crippen molar-refractivity contribution < 1.29 is 23.8 Å². The van der Waals surface area contributed by atoms with Crippen LogP contribution in [0.5, 0.6) is 11.5 Å². The lowest BCUT2D eigenvalue weighted by Gasteiger charge is -2.11. The molecule has 0 aromatic heterocycles. The second-order valence-corrected chi connectivity index (χ2v) is 5.59. The van der Waals surface area contributed by atoms with Crippen molar-refractivity contribution in [1.82, 2.24) is 0 Å². The van der Waals surface area contributed by atoms with E-state index in [1.54, 1.807) is 36.4 Å².